The lowest BCUT2D eigenvalue weighted by atomic mass is 9.84. The number of hydrogen-bond acceptors (Lipinski definition) is 6. The highest BCUT2D eigenvalue weighted by atomic mass is 32.1. The van der Waals surface area contributed by atoms with Crippen LogP contribution in [0.2, 0.25) is 0 Å². The minimum Gasteiger partial charge on any atom is -0.465 e. The first-order valence-electron chi connectivity index (χ1n) is 8.47. The molecule has 0 saturated carbocycles. The molecule has 1 amide bonds. The summed E-state index contributed by atoms with van der Waals surface area (Å²) in [6.45, 7) is 8.84. The topological polar surface area (TPSA) is 115 Å². The molecule has 1 saturated heterocycles. The Hall–Kier alpha value is -2.53. The maximum atomic E-state index is 11.1. The van der Waals surface area contributed by atoms with E-state index in [1.54, 1.807) is 6.07 Å². The number of amides is 1. The zero-order valence-corrected chi connectivity index (χ0v) is 16.1. The predicted octanol–water partition coefficient (Wildman–Crippen LogP) is 3.32. The van der Waals surface area contributed by atoms with Crippen molar-refractivity contribution in [2.45, 2.75) is 46.2 Å². The number of anilines is 2. The van der Waals surface area contributed by atoms with E-state index in [0.717, 1.165) is 20.9 Å². The average Bonchev–Trinajstić information content (AvgIpc) is 3.08. The summed E-state index contributed by atoms with van der Waals surface area (Å²) < 4.78 is 0.830. The molecule has 8 heteroatoms. The summed E-state index contributed by atoms with van der Waals surface area (Å²) in [7, 11) is 0. The van der Waals surface area contributed by atoms with E-state index in [0.29, 0.717) is 24.2 Å². The van der Waals surface area contributed by atoms with E-state index >= 15 is 0 Å². The fourth-order valence-corrected chi connectivity index (χ4v) is 4.65. The van der Waals surface area contributed by atoms with Gasteiger partial charge in [-0.05, 0) is 24.8 Å². The van der Waals surface area contributed by atoms with E-state index < -0.39 is 6.09 Å². The number of nitrogens with zero attached hydrogens (tertiary/aromatic N) is 3. The third kappa shape index (κ3) is 3.15. The Morgan fingerprint density at radius 2 is 2.23 bits per heavy atom. The molecule has 1 aliphatic heterocycles. The second-order valence-electron chi connectivity index (χ2n) is 7.80. The molecule has 1 aromatic carbocycles. The van der Waals surface area contributed by atoms with Gasteiger partial charge in [-0.3, -0.25) is 0 Å². The molecule has 4 N–H and O–H groups in total. The van der Waals surface area contributed by atoms with Crippen molar-refractivity contribution in [1.29, 1.82) is 5.26 Å². The van der Waals surface area contributed by atoms with Crippen LogP contribution in [0.1, 0.15) is 37.8 Å². The maximum absolute atomic E-state index is 11.1. The van der Waals surface area contributed by atoms with E-state index in [4.69, 9.17) is 10.8 Å². The van der Waals surface area contributed by atoms with Gasteiger partial charge >= 0.3 is 6.09 Å². The number of nitrogens with one attached hydrogen (secondary N) is 1. The van der Waals surface area contributed by atoms with Gasteiger partial charge in [0.1, 0.15) is 11.6 Å². The fourth-order valence-electron chi connectivity index (χ4n) is 3.76. The summed E-state index contributed by atoms with van der Waals surface area (Å²) in [6, 6.07) is 3.82. The minimum atomic E-state index is -1.02. The number of thiazole rings is 1. The fraction of sp³-hybridized carbons (Fsp3) is 0.500. The van der Waals surface area contributed by atoms with Gasteiger partial charge in [-0.25, -0.2) is 9.78 Å². The van der Waals surface area contributed by atoms with Gasteiger partial charge < -0.3 is 21.1 Å². The number of carbonyl (C=O) groups is 1. The van der Waals surface area contributed by atoms with Crippen LogP contribution in [0.3, 0.4) is 0 Å². The van der Waals surface area contributed by atoms with Crippen LogP contribution in [-0.4, -0.2) is 34.8 Å². The molecular weight excluding hydrogens is 350 g/mol. The van der Waals surface area contributed by atoms with Crippen molar-refractivity contribution >= 4 is 39.0 Å². The first-order chi connectivity index (χ1) is 12.1. The Bertz CT molecular complexity index is 909. The Morgan fingerprint density at radius 3 is 2.81 bits per heavy atom. The van der Waals surface area contributed by atoms with Crippen molar-refractivity contribution < 1.29 is 9.90 Å². The molecule has 0 spiro atoms. The summed E-state index contributed by atoms with van der Waals surface area (Å²) in [5.74, 6) is 0. The Kier molecular flexibility index (Phi) is 4.44. The minimum absolute atomic E-state index is 0.0767. The van der Waals surface area contributed by atoms with Gasteiger partial charge in [0, 0.05) is 12.6 Å². The number of aryl methyl sites for hydroxylation is 1. The van der Waals surface area contributed by atoms with Gasteiger partial charge in [0.2, 0.25) is 0 Å². The summed E-state index contributed by atoms with van der Waals surface area (Å²) in [5.41, 5.74) is 8.83. The van der Waals surface area contributed by atoms with Crippen LogP contribution in [0.15, 0.2) is 6.07 Å². The zero-order chi connectivity index (χ0) is 19.2. The van der Waals surface area contributed by atoms with Crippen molar-refractivity contribution in [3.05, 3.63) is 16.6 Å². The molecule has 26 heavy (non-hydrogen) atoms. The van der Waals surface area contributed by atoms with Crippen LogP contribution in [0.5, 0.6) is 0 Å². The number of hydrogen-bond donors (Lipinski definition) is 3. The standard InChI is InChI=1S/C18H23N5O2S/c1-9-21-14-15(12(20)5-10(7-19)16(14)26-9)23-8-11(22-17(24)25)6-13(23)18(2,3)4/h5,11,13,22H,6,8,20H2,1-4H3,(H,24,25). The van der Waals surface area contributed by atoms with Gasteiger partial charge in [0.25, 0.3) is 0 Å². The van der Waals surface area contributed by atoms with E-state index in [-0.39, 0.29) is 17.5 Å². The molecule has 2 heterocycles. The average molecular weight is 373 g/mol. The molecule has 2 aromatic rings. The SMILES string of the molecule is Cc1nc2c(N3CC(NC(=O)O)CC3C(C)(C)C)c(N)cc(C#N)c2s1. The molecule has 1 fully saturated rings. The molecule has 3 rings (SSSR count). The molecule has 7 nitrogen and oxygen atoms in total. The molecule has 2 unspecified atom stereocenters. The molecule has 0 bridgehead atoms. The number of aromatic nitrogens is 1. The Morgan fingerprint density at radius 1 is 1.54 bits per heavy atom. The molecule has 1 aliphatic rings. The third-order valence-corrected chi connectivity index (χ3v) is 5.82. The molecule has 1 aromatic heterocycles. The summed E-state index contributed by atoms with van der Waals surface area (Å²) in [4.78, 5) is 17.9. The number of nitrogen functional groups attached to an aromatic ring is 1. The predicted molar refractivity (Wildman–Crippen MR) is 104 cm³/mol. The van der Waals surface area contributed by atoms with Gasteiger partial charge in [-0.2, -0.15) is 5.26 Å². The van der Waals surface area contributed by atoms with Crippen LogP contribution < -0.4 is 16.0 Å². The summed E-state index contributed by atoms with van der Waals surface area (Å²) in [6.07, 6.45) is -0.327. The normalized spacial score (nSPS) is 20.3. The highest BCUT2D eigenvalue weighted by Gasteiger charge is 2.41. The van der Waals surface area contributed by atoms with E-state index in [1.165, 1.54) is 11.3 Å². The lowest BCUT2D eigenvalue weighted by molar-refractivity contribution is 0.190. The van der Waals surface area contributed by atoms with Crippen molar-refractivity contribution in [3.63, 3.8) is 0 Å². The van der Waals surface area contributed by atoms with Crippen molar-refractivity contribution in [2.75, 3.05) is 17.2 Å². The summed E-state index contributed by atoms with van der Waals surface area (Å²) >= 11 is 1.48. The molecule has 0 radical (unpaired) electrons. The van der Waals surface area contributed by atoms with E-state index in [9.17, 15) is 10.1 Å². The monoisotopic (exact) mass is 373 g/mol. The molecule has 0 aliphatic carbocycles. The smallest absolute Gasteiger partial charge is 0.404 e. The third-order valence-electron chi connectivity index (χ3n) is 4.81. The quantitative estimate of drug-likeness (QED) is 0.696. The number of benzene rings is 1. The second kappa shape index (κ2) is 6.32. The number of fused-ring (bicyclic) bond motifs is 1. The van der Waals surface area contributed by atoms with Gasteiger partial charge in [0.05, 0.1) is 32.7 Å². The second-order valence-corrected chi connectivity index (χ2v) is 9.00. The van der Waals surface area contributed by atoms with Gasteiger partial charge in [0.15, 0.2) is 0 Å². The van der Waals surface area contributed by atoms with Crippen molar-refractivity contribution in [1.82, 2.24) is 10.3 Å². The number of rotatable bonds is 2. The lowest BCUT2D eigenvalue weighted by Crippen LogP contribution is -2.40. The Balaban J connectivity index is 2.16. The number of carboxylic acid groups (broad SMARTS) is 1. The highest BCUT2D eigenvalue weighted by Crippen LogP contribution is 2.44. The first kappa shape index (κ1) is 18.3. The van der Waals surface area contributed by atoms with Crippen molar-refractivity contribution in [3.8, 4) is 6.07 Å². The van der Waals surface area contributed by atoms with Crippen LogP contribution in [0.4, 0.5) is 16.2 Å². The van der Waals surface area contributed by atoms with Gasteiger partial charge in [-0.15, -0.1) is 11.3 Å². The van der Waals surface area contributed by atoms with Crippen LogP contribution in [0.25, 0.3) is 10.2 Å². The van der Waals surface area contributed by atoms with Crippen LogP contribution >= 0.6 is 11.3 Å². The summed E-state index contributed by atoms with van der Waals surface area (Å²) in [5, 5.41) is 22.0. The molecular formula is C18H23N5O2S. The number of nitriles is 1. The zero-order valence-electron chi connectivity index (χ0n) is 15.3. The maximum Gasteiger partial charge on any atom is 0.404 e. The Labute approximate surface area is 156 Å². The van der Waals surface area contributed by atoms with Crippen molar-refractivity contribution in [2.24, 2.45) is 5.41 Å². The first-order valence-corrected chi connectivity index (χ1v) is 9.29. The highest BCUT2D eigenvalue weighted by molar-refractivity contribution is 7.18. The van der Waals surface area contributed by atoms with Crippen LogP contribution in [-0.2, 0) is 0 Å². The van der Waals surface area contributed by atoms with Crippen LogP contribution in [0, 0.1) is 23.7 Å². The molecule has 138 valence electrons. The van der Waals surface area contributed by atoms with Gasteiger partial charge in [-0.1, -0.05) is 20.8 Å². The van der Waals surface area contributed by atoms with E-state index in [2.05, 4.69) is 42.0 Å². The lowest BCUT2D eigenvalue weighted by Gasteiger charge is -2.37. The number of nitrogens with two attached hydrogens (primary N) is 1. The van der Waals surface area contributed by atoms with E-state index in [1.807, 2.05) is 6.92 Å². The molecule has 2 atom stereocenters. The largest absolute Gasteiger partial charge is 0.465 e.